The zero-order chi connectivity index (χ0) is 36.5. The Balaban J connectivity index is 1.02. The Morgan fingerprint density at radius 2 is 1.15 bits per heavy atom. The lowest BCUT2D eigenvalue weighted by atomic mass is 9.72. The molecule has 4 heteroatoms. The molecule has 8 aromatic carbocycles. The van der Waals surface area contributed by atoms with E-state index in [0.717, 1.165) is 39.5 Å². The van der Waals surface area contributed by atoms with Gasteiger partial charge >= 0.3 is 0 Å². The Morgan fingerprint density at radius 1 is 0.491 bits per heavy atom. The zero-order valence-electron chi connectivity index (χ0n) is 29.8. The molecule has 9 aromatic rings. The van der Waals surface area contributed by atoms with E-state index in [1.54, 1.807) is 0 Å². The quantitative estimate of drug-likeness (QED) is 0.159. The van der Waals surface area contributed by atoms with E-state index in [2.05, 4.69) is 187 Å². The van der Waals surface area contributed by atoms with Crippen LogP contribution in [0.25, 0.3) is 42.4 Å². The lowest BCUT2D eigenvalue weighted by Crippen LogP contribution is -2.23. The number of hydrogen-bond acceptors (Lipinski definition) is 4. The van der Waals surface area contributed by atoms with Crippen LogP contribution in [0.1, 0.15) is 16.7 Å². The van der Waals surface area contributed by atoms with Gasteiger partial charge in [-0.05, 0) is 81.9 Å². The molecule has 0 saturated heterocycles. The van der Waals surface area contributed by atoms with Gasteiger partial charge in [0.2, 0.25) is 0 Å². The summed E-state index contributed by atoms with van der Waals surface area (Å²) in [6.45, 7) is 4.38. The third-order valence-electron chi connectivity index (χ3n) is 11.2. The molecular weight excluding hydrogens is 691 g/mol. The molecule has 1 aromatic heterocycles. The number of hydrogen-bond donors (Lipinski definition) is 0. The predicted molar refractivity (Wildman–Crippen MR) is 228 cm³/mol. The summed E-state index contributed by atoms with van der Waals surface area (Å²) < 4.78 is 16.2. The summed E-state index contributed by atoms with van der Waals surface area (Å²) in [4.78, 5) is 2.30. The third-order valence-corrected chi connectivity index (χ3v) is 12.3. The van der Waals surface area contributed by atoms with Gasteiger partial charge in [0.05, 0.1) is 11.1 Å². The van der Waals surface area contributed by atoms with E-state index < -0.39 is 5.41 Å². The normalized spacial score (nSPS) is 15.0. The van der Waals surface area contributed by atoms with Gasteiger partial charge in [-0.3, -0.25) is 0 Å². The number of fused-ring (bicyclic) bond motifs is 9. The van der Waals surface area contributed by atoms with Gasteiger partial charge in [0.25, 0.3) is 0 Å². The average Bonchev–Trinajstić information content (AvgIpc) is 3.77. The molecule has 0 fully saturated rings. The van der Waals surface area contributed by atoms with Crippen molar-refractivity contribution in [2.24, 2.45) is 0 Å². The molecule has 0 amide bonds. The minimum Gasteiger partial charge on any atom is -0.449 e. The monoisotopic (exact) mass is 723 g/mol. The van der Waals surface area contributed by atoms with Crippen LogP contribution in [0.2, 0.25) is 0 Å². The van der Waals surface area contributed by atoms with Crippen molar-refractivity contribution in [3.63, 3.8) is 0 Å². The molecule has 0 N–H and O–H groups in total. The molecule has 0 saturated carbocycles. The maximum atomic E-state index is 6.88. The van der Waals surface area contributed by atoms with Crippen molar-refractivity contribution in [1.82, 2.24) is 0 Å². The highest BCUT2D eigenvalue weighted by Crippen LogP contribution is 2.61. The minimum atomic E-state index is -0.512. The van der Waals surface area contributed by atoms with Gasteiger partial charge < -0.3 is 14.4 Å². The number of nitrogens with zero attached hydrogens (tertiary/aromatic N) is 1. The van der Waals surface area contributed by atoms with Gasteiger partial charge in [-0.2, -0.15) is 0 Å². The molecule has 0 bridgehead atoms. The molecule has 0 spiro atoms. The van der Waals surface area contributed by atoms with E-state index in [-0.39, 0.29) is 0 Å². The second-order valence-corrected chi connectivity index (χ2v) is 15.2. The molecule has 11 rings (SSSR count). The molecular formula is C51H33NO2S. The largest absolute Gasteiger partial charge is 0.449 e. The Morgan fingerprint density at radius 3 is 1.98 bits per heavy atom. The summed E-state index contributed by atoms with van der Waals surface area (Å²) in [6.07, 6.45) is 2.07. The maximum absolute atomic E-state index is 6.88. The van der Waals surface area contributed by atoms with Crippen molar-refractivity contribution in [1.29, 1.82) is 0 Å². The van der Waals surface area contributed by atoms with E-state index in [0.29, 0.717) is 17.2 Å². The topological polar surface area (TPSA) is 21.7 Å². The second-order valence-electron chi connectivity index (χ2n) is 14.1. The average molecular weight is 724 g/mol. The van der Waals surface area contributed by atoms with Crippen molar-refractivity contribution in [3.05, 3.63) is 211 Å². The Kier molecular flexibility index (Phi) is 7.10. The molecule has 260 valence electrons. The minimum absolute atomic E-state index is 0.512. The van der Waals surface area contributed by atoms with Crippen LogP contribution in [0.4, 0.5) is 17.1 Å². The SMILES string of the molecule is C=CC1(c2ccccc2)c2ccccc2-c2c1ccc1c2Oc2ccc(N(c3ccc(-c4ccccc4)cc3)c3ccc4c(c3)sc3ccccc34)cc2O1. The summed E-state index contributed by atoms with van der Waals surface area (Å²) in [7, 11) is 0. The van der Waals surface area contributed by atoms with E-state index in [1.807, 2.05) is 23.5 Å². The number of anilines is 3. The molecule has 0 radical (unpaired) electrons. The molecule has 1 aliphatic carbocycles. The fourth-order valence-corrected chi connectivity index (χ4v) is 9.78. The number of ether oxygens (including phenoxy) is 2. The third kappa shape index (κ3) is 4.82. The highest BCUT2D eigenvalue weighted by atomic mass is 32.1. The smallest absolute Gasteiger partial charge is 0.178 e. The molecule has 1 aliphatic heterocycles. The number of rotatable bonds is 6. The van der Waals surface area contributed by atoms with Crippen LogP contribution in [0.5, 0.6) is 23.0 Å². The van der Waals surface area contributed by atoms with Crippen molar-refractivity contribution in [2.75, 3.05) is 4.90 Å². The Bertz CT molecular complexity index is 2950. The highest BCUT2D eigenvalue weighted by Gasteiger charge is 2.45. The zero-order valence-corrected chi connectivity index (χ0v) is 30.6. The van der Waals surface area contributed by atoms with Crippen LogP contribution in [0, 0.1) is 0 Å². The molecule has 2 heterocycles. The first-order valence-electron chi connectivity index (χ1n) is 18.5. The van der Waals surface area contributed by atoms with Crippen molar-refractivity contribution >= 4 is 48.6 Å². The van der Waals surface area contributed by atoms with Crippen molar-refractivity contribution in [3.8, 4) is 45.3 Å². The number of benzene rings is 8. The van der Waals surface area contributed by atoms with Crippen LogP contribution in [-0.2, 0) is 5.41 Å². The van der Waals surface area contributed by atoms with Crippen LogP contribution >= 0.6 is 11.3 Å². The first-order chi connectivity index (χ1) is 27.2. The predicted octanol–water partition coefficient (Wildman–Crippen LogP) is 14.6. The highest BCUT2D eigenvalue weighted by molar-refractivity contribution is 7.25. The van der Waals surface area contributed by atoms with Crippen LogP contribution in [0.3, 0.4) is 0 Å². The lowest BCUT2D eigenvalue weighted by Gasteiger charge is -2.30. The van der Waals surface area contributed by atoms with Crippen LogP contribution in [0.15, 0.2) is 195 Å². The molecule has 1 unspecified atom stereocenters. The summed E-state index contributed by atoms with van der Waals surface area (Å²) in [5.74, 6) is 2.77. The van der Waals surface area contributed by atoms with Gasteiger partial charge in [-0.15, -0.1) is 17.9 Å². The Labute approximate surface area is 323 Å². The molecule has 2 aliphatic rings. The lowest BCUT2D eigenvalue weighted by molar-refractivity contribution is 0.360. The van der Waals surface area contributed by atoms with Gasteiger partial charge in [0.15, 0.2) is 23.0 Å². The second kappa shape index (κ2) is 12.3. The maximum Gasteiger partial charge on any atom is 0.178 e. The molecule has 55 heavy (non-hydrogen) atoms. The van der Waals surface area contributed by atoms with Gasteiger partial charge in [0, 0.05) is 43.2 Å². The first-order valence-corrected chi connectivity index (χ1v) is 19.3. The van der Waals surface area contributed by atoms with E-state index in [4.69, 9.17) is 9.47 Å². The fraction of sp³-hybridized carbons (Fsp3) is 0.0196. The van der Waals surface area contributed by atoms with Crippen molar-refractivity contribution < 1.29 is 9.47 Å². The van der Waals surface area contributed by atoms with Crippen LogP contribution in [-0.4, -0.2) is 0 Å². The fourth-order valence-electron chi connectivity index (χ4n) is 8.64. The number of thiophene rings is 1. The summed E-state index contributed by atoms with van der Waals surface area (Å²) in [5.41, 5.74) is 10.6. The first kappa shape index (κ1) is 31.6. The van der Waals surface area contributed by atoms with Gasteiger partial charge in [-0.1, -0.05) is 133 Å². The van der Waals surface area contributed by atoms with Gasteiger partial charge in [0.1, 0.15) is 0 Å². The summed E-state index contributed by atoms with van der Waals surface area (Å²) in [5, 5.41) is 2.55. The number of allylic oxidation sites excluding steroid dienone is 1. The van der Waals surface area contributed by atoms with E-state index >= 15 is 0 Å². The Hall–Kier alpha value is -6.88. The van der Waals surface area contributed by atoms with Crippen LogP contribution < -0.4 is 14.4 Å². The molecule has 1 atom stereocenters. The standard InChI is InChI=1S/C51H33NO2S/c1-2-51(35-15-7-4-8-16-35)42-19-11-9-18-41(42)49-43(51)28-30-45-50(49)54-44-29-26-37(31-46(44)53-45)52(36-23-21-34(22-24-36)33-13-5-3-6-14-33)38-25-27-40-39-17-10-12-20-47(39)55-48(40)32-38/h2-32H,1H2. The molecule has 3 nitrogen and oxygen atoms in total. The summed E-state index contributed by atoms with van der Waals surface area (Å²) >= 11 is 1.83. The van der Waals surface area contributed by atoms with E-state index in [9.17, 15) is 0 Å². The summed E-state index contributed by atoms with van der Waals surface area (Å²) in [6, 6.07) is 64.4. The van der Waals surface area contributed by atoms with Gasteiger partial charge in [-0.25, -0.2) is 0 Å². The van der Waals surface area contributed by atoms with Crippen molar-refractivity contribution in [2.45, 2.75) is 5.41 Å². The van der Waals surface area contributed by atoms with E-state index in [1.165, 1.54) is 42.4 Å².